The molecule has 3 aromatic rings. The number of furan rings is 1. The molecule has 24 heavy (non-hydrogen) atoms. The number of halogens is 1. The predicted molar refractivity (Wildman–Crippen MR) is 87.7 cm³/mol. The lowest BCUT2D eigenvalue weighted by atomic mass is 10.3. The number of carbonyl (C=O) groups excluding carboxylic acids is 2. The fourth-order valence-corrected chi connectivity index (χ4v) is 2.34. The van der Waals surface area contributed by atoms with Crippen LogP contribution in [0.25, 0.3) is 5.65 Å². The Morgan fingerprint density at radius 2 is 2.17 bits per heavy atom. The summed E-state index contributed by atoms with van der Waals surface area (Å²) in [7, 11) is 0. The van der Waals surface area contributed by atoms with Crippen LogP contribution in [0.2, 0.25) is 5.02 Å². The molecule has 3 rings (SSSR count). The van der Waals surface area contributed by atoms with Crippen molar-refractivity contribution in [1.82, 2.24) is 20.0 Å². The molecule has 1 atom stereocenters. The molecule has 0 saturated heterocycles. The molecule has 0 saturated carbocycles. The summed E-state index contributed by atoms with van der Waals surface area (Å²) in [4.78, 5) is 28.3. The average Bonchev–Trinajstić information content (AvgIpc) is 3.21. The van der Waals surface area contributed by atoms with Crippen LogP contribution in [0.4, 0.5) is 0 Å². The van der Waals surface area contributed by atoms with Gasteiger partial charge in [0.25, 0.3) is 5.91 Å². The molecule has 0 fully saturated rings. The highest BCUT2D eigenvalue weighted by Gasteiger charge is 2.18. The van der Waals surface area contributed by atoms with E-state index in [1.807, 2.05) is 0 Å². The number of pyridine rings is 1. The van der Waals surface area contributed by atoms with E-state index in [2.05, 4.69) is 15.6 Å². The number of rotatable bonds is 5. The largest absolute Gasteiger partial charge is 0.459 e. The summed E-state index contributed by atoms with van der Waals surface area (Å²) in [5.41, 5.74) is 1.43. The quantitative estimate of drug-likeness (QED) is 0.739. The highest BCUT2D eigenvalue weighted by molar-refractivity contribution is 6.30. The number of imidazole rings is 1. The molecular formula is C16H15ClN4O3. The highest BCUT2D eigenvalue weighted by Crippen LogP contribution is 2.11. The third kappa shape index (κ3) is 3.57. The number of amides is 2. The van der Waals surface area contributed by atoms with Crippen LogP contribution in [-0.4, -0.2) is 27.2 Å². The maximum atomic E-state index is 12.1. The van der Waals surface area contributed by atoms with Gasteiger partial charge in [-0.15, -0.1) is 0 Å². The van der Waals surface area contributed by atoms with Crippen molar-refractivity contribution in [3.63, 3.8) is 0 Å². The SMILES string of the molecule is CC(NC(=O)c1ccco1)C(=O)NCc1cn2cc(Cl)ccc2n1. The summed E-state index contributed by atoms with van der Waals surface area (Å²) in [6, 6.07) is 5.98. The summed E-state index contributed by atoms with van der Waals surface area (Å²) in [5, 5.41) is 5.90. The molecule has 3 heterocycles. The molecule has 1 unspecified atom stereocenters. The van der Waals surface area contributed by atoms with E-state index in [0.717, 1.165) is 5.65 Å². The Balaban J connectivity index is 1.56. The topological polar surface area (TPSA) is 88.6 Å². The molecule has 124 valence electrons. The van der Waals surface area contributed by atoms with Gasteiger partial charge in [-0.3, -0.25) is 9.59 Å². The van der Waals surface area contributed by atoms with Crippen molar-refractivity contribution in [2.75, 3.05) is 0 Å². The minimum atomic E-state index is -0.700. The normalized spacial score (nSPS) is 12.1. The van der Waals surface area contributed by atoms with Gasteiger partial charge in [-0.25, -0.2) is 4.98 Å². The minimum Gasteiger partial charge on any atom is -0.459 e. The van der Waals surface area contributed by atoms with Crippen LogP contribution in [-0.2, 0) is 11.3 Å². The van der Waals surface area contributed by atoms with Crippen LogP contribution in [0.1, 0.15) is 23.2 Å². The first-order chi connectivity index (χ1) is 11.5. The van der Waals surface area contributed by atoms with Crippen molar-refractivity contribution in [3.8, 4) is 0 Å². The first kappa shape index (κ1) is 16.1. The van der Waals surface area contributed by atoms with Crippen LogP contribution >= 0.6 is 11.6 Å². The van der Waals surface area contributed by atoms with E-state index in [4.69, 9.17) is 16.0 Å². The number of carbonyl (C=O) groups is 2. The summed E-state index contributed by atoms with van der Waals surface area (Å²) in [5.74, 6) is -0.595. The minimum absolute atomic E-state index is 0.159. The Kier molecular flexibility index (Phi) is 4.52. The van der Waals surface area contributed by atoms with Crippen molar-refractivity contribution in [2.24, 2.45) is 0 Å². The number of aromatic nitrogens is 2. The maximum Gasteiger partial charge on any atom is 0.287 e. The Labute approximate surface area is 142 Å². The van der Waals surface area contributed by atoms with Crippen LogP contribution in [0.15, 0.2) is 47.3 Å². The average molecular weight is 347 g/mol. The smallest absolute Gasteiger partial charge is 0.287 e. The second kappa shape index (κ2) is 6.76. The van der Waals surface area contributed by atoms with Crippen molar-refractivity contribution >= 4 is 29.1 Å². The van der Waals surface area contributed by atoms with Gasteiger partial charge in [0, 0.05) is 12.4 Å². The van der Waals surface area contributed by atoms with Gasteiger partial charge in [-0.1, -0.05) is 11.6 Å². The fraction of sp³-hybridized carbons (Fsp3) is 0.188. The van der Waals surface area contributed by atoms with Gasteiger partial charge in [0.05, 0.1) is 23.5 Å². The number of fused-ring (bicyclic) bond motifs is 1. The van der Waals surface area contributed by atoms with Crippen LogP contribution in [0.3, 0.4) is 0 Å². The fourth-order valence-electron chi connectivity index (χ4n) is 2.17. The second-order valence-electron chi connectivity index (χ2n) is 5.24. The molecule has 2 amide bonds. The molecule has 0 aromatic carbocycles. The molecule has 0 bridgehead atoms. The molecule has 0 aliphatic heterocycles. The number of nitrogens with zero attached hydrogens (tertiary/aromatic N) is 2. The van der Waals surface area contributed by atoms with Gasteiger partial charge >= 0.3 is 0 Å². The number of nitrogens with one attached hydrogen (secondary N) is 2. The van der Waals surface area contributed by atoms with Crippen molar-refractivity contribution in [3.05, 3.63) is 59.4 Å². The lowest BCUT2D eigenvalue weighted by Crippen LogP contribution is -2.44. The Bertz CT molecular complexity index is 873. The molecule has 7 nitrogen and oxygen atoms in total. The van der Waals surface area contributed by atoms with E-state index < -0.39 is 11.9 Å². The van der Waals surface area contributed by atoms with Gasteiger partial charge < -0.3 is 19.5 Å². The zero-order chi connectivity index (χ0) is 17.1. The van der Waals surface area contributed by atoms with Gasteiger partial charge in [0.2, 0.25) is 5.91 Å². The number of hydrogen-bond donors (Lipinski definition) is 2. The summed E-state index contributed by atoms with van der Waals surface area (Å²) in [6.07, 6.45) is 4.92. The van der Waals surface area contributed by atoms with Crippen molar-refractivity contribution in [2.45, 2.75) is 19.5 Å². The first-order valence-electron chi connectivity index (χ1n) is 7.28. The highest BCUT2D eigenvalue weighted by atomic mass is 35.5. The molecule has 0 radical (unpaired) electrons. The van der Waals surface area contributed by atoms with Crippen LogP contribution in [0, 0.1) is 0 Å². The lowest BCUT2D eigenvalue weighted by molar-refractivity contribution is -0.122. The maximum absolute atomic E-state index is 12.1. The predicted octanol–water partition coefficient (Wildman–Crippen LogP) is 2.02. The van der Waals surface area contributed by atoms with Gasteiger partial charge in [-0.2, -0.15) is 0 Å². The Morgan fingerprint density at radius 1 is 1.33 bits per heavy atom. The van der Waals surface area contributed by atoms with Gasteiger partial charge in [-0.05, 0) is 31.2 Å². The standard InChI is InChI=1S/C16H15ClN4O3/c1-10(19-16(23)13-3-2-6-24-13)15(22)18-7-12-9-21-8-11(17)4-5-14(21)20-12/h2-6,8-10H,7H2,1H3,(H,18,22)(H,19,23). The Morgan fingerprint density at radius 3 is 2.92 bits per heavy atom. The van der Waals surface area contributed by atoms with Crippen molar-refractivity contribution in [1.29, 1.82) is 0 Å². The molecule has 3 aromatic heterocycles. The molecular weight excluding hydrogens is 332 g/mol. The van der Waals surface area contributed by atoms with E-state index in [9.17, 15) is 9.59 Å². The van der Waals surface area contributed by atoms with E-state index in [1.165, 1.54) is 12.3 Å². The zero-order valence-corrected chi connectivity index (χ0v) is 13.6. The molecule has 0 spiro atoms. The lowest BCUT2D eigenvalue weighted by Gasteiger charge is -2.12. The van der Waals surface area contributed by atoms with Crippen LogP contribution < -0.4 is 10.6 Å². The molecule has 0 aliphatic carbocycles. The first-order valence-corrected chi connectivity index (χ1v) is 7.66. The monoisotopic (exact) mass is 346 g/mol. The van der Waals surface area contributed by atoms with Gasteiger partial charge in [0.15, 0.2) is 5.76 Å². The summed E-state index contributed by atoms with van der Waals surface area (Å²) >= 11 is 5.92. The van der Waals surface area contributed by atoms with Crippen molar-refractivity contribution < 1.29 is 14.0 Å². The summed E-state index contributed by atoms with van der Waals surface area (Å²) in [6.45, 7) is 1.85. The molecule has 0 aliphatic rings. The van der Waals surface area contributed by atoms with Crippen LogP contribution in [0.5, 0.6) is 0 Å². The third-order valence-electron chi connectivity index (χ3n) is 3.39. The van der Waals surface area contributed by atoms with E-state index in [-0.39, 0.29) is 18.2 Å². The second-order valence-corrected chi connectivity index (χ2v) is 5.67. The Hall–Kier alpha value is -2.80. The van der Waals surface area contributed by atoms with E-state index >= 15 is 0 Å². The van der Waals surface area contributed by atoms with Gasteiger partial charge in [0.1, 0.15) is 11.7 Å². The van der Waals surface area contributed by atoms with E-state index in [1.54, 1.807) is 41.9 Å². The molecule has 8 heteroatoms. The summed E-state index contributed by atoms with van der Waals surface area (Å²) < 4.78 is 6.76. The van der Waals surface area contributed by atoms with E-state index in [0.29, 0.717) is 10.7 Å². The zero-order valence-electron chi connectivity index (χ0n) is 12.8. The third-order valence-corrected chi connectivity index (χ3v) is 3.62. The number of hydrogen-bond acceptors (Lipinski definition) is 4. The molecule has 2 N–H and O–H groups in total.